The molecule has 9 heteroatoms. The minimum absolute atomic E-state index is 0.281. The number of carbonyl (C=O) groups excluding carboxylic acids is 1. The minimum Gasteiger partial charge on any atom is -0.493 e. The monoisotopic (exact) mass is 454 g/mol. The number of fused-ring (bicyclic) bond motifs is 1. The van der Waals surface area contributed by atoms with Gasteiger partial charge in [-0.25, -0.2) is 9.79 Å². The van der Waals surface area contributed by atoms with Crippen LogP contribution < -0.4 is 24.4 Å². The first-order valence-corrected chi connectivity index (χ1v) is 10.6. The van der Waals surface area contributed by atoms with Gasteiger partial charge in [0.25, 0.3) is 5.56 Å². The van der Waals surface area contributed by atoms with E-state index in [1.807, 2.05) is 13.0 Å². The van der Waals surface area contributed by atoms with Crippen molar-refractivity contribution in [2.45, 2.75) is 19.9 Å². The van der Waals surface area contributed by atoms with E-state index in [9.17, 15) is 9.59 Å². The van der Waals surface area contributed by atoms with E-state index in [2.05, 4.69) is 4.99 Å². The summed E-state index contributed by atoms with van der Waals surface area (Å²) in [5.74, 6) is 1.78. The molecule has 1 atom stereocenters. The highest BCUT2D eigenvalue weighted by Crippen LogP contribution is 2.35. The summed E-state index contributed by atoms with van der Waals surface area (Å²) in [7, 11) is 4.38. The molecule has 2 aromatic heterocycles. The van der Waals surface area contributed by atoms with E-state index in [-0.39, 0.29) is 11.1 Å². The summed E-state index contributed by atoms with van der Waals surface area (Å²) in [6.07, 6.45) is 1.68. The smallest absolute Gasteiger partial charge is 0.338 e. The highest BCUT2D eigenvalue weighted by atomic mass is 32.1. The van der Waals surface area contributed by atoms with Crippen molar-refractivity contribution >= 4 is 23.4 Å². The maximum absolute atomic E-state index is 13.5. The minimum atomic E-state index is -0.737. The zero-order valence-corrected chi connectivity index (χ0v) is 19.1. The fraction of sp³-hybridized carbons (Fsp3) is 0.261. The first kappa shape index (κ1) is 21.6. The topological polar surface area (TPSA) is 92.3 Å². The van der Waals surface area contributed by atoms with Crippen molar-refractivity contribution in [1.29, 1.82) is 0 Å². The fourth-order valence-electron chi connectivity index (χ4n) is 3.69. The third-order valence-electron chi connectivity index (χ3n) is 5.18. The van der Waals surface area contributed by atoms with Gasteiger partial charge in [0.2, 0.25) is 0 Å². The number of methoxy groups -OCH3 is 3. The number of thiazole rings is 1. The Morgan fingerprint density at radius 1 is 1.12 bits per heavy atom. The Morgan fingerprint density at radius 3 is 2.50 bits per heavy atom. The summed E-state index contributed by atoms with van der Waals surface area (Å²) in [6.45, 7) is 3.56. The number of allylic oxidation sites excluding steroid dienone is 1. The van der Waals surface area contributed by atoms with Crippen LogP contribution in [-0.2, 0) is 9.53 Å². The Hall–Kier alpha value is -3.59. The number of benzene rings is 1. The van der Waals surface area contributed by atoms with Gasteiger partial charge in [0.15, 0.2) is 16.3 Å². The number of nitrogens with zero attached hydrogens (tertiary/aromatic N) is 2. The molecule has 0 bridgehead atoms. The van der Waals surface area contributed by atoms with Crippen molar-refractivity contribution in [3.63, 3.8) is 0 Å². The van der Waals surface area contributed by atoms with Crippen molar-refractivity contribution < 1.29 is 23.4 Å². The molecule has 3 heterocycles. The average molecular weight is 455 g/mol. The number of hydrogen-bond donors (Lipinski definition) is 0. The number of ether oxygens (including phenoxy) is 3. The Balaban J connectivity index is 1.98. The van der Waals surface area contributed by atoms with Gasteiger partial charge in [0.1, 0.15) is 11.5 Å². The van der Waals surface area contributed by atoms with Crippen LogP contribution in [0.15, 0.2) is 55.8 Å². The van der Waals surface area contributed by atoms with E-state index in [1.54, 1.807) is 44.4 Å². The average Bonchev–Trinajstić information content (AvgIpc) is 3.34. The number of rotatable bonds is 5. The molecular weight excluding hydrogens is 432 g/mol. The van der Waals surface area contributed by atoms with Crippen LogP contribution in [0.2, 0.25) is 0 Å². The molecule has 1 aliphatic heterocycles. The molecular formula is C23H22N2O6S. The summed E-state index contributed by atoms with van der Waals surface area (Å²) < 4.78 is 23.3. The van der Waals surface area contributed by atoms with Crippen molar-refractivity contribution in [1.82, 2.24) is 4.57 Å². The van der Waals surface area contributed by atoms with E-state index in [0.717, 1.165) is 5.76 Å². The molecule has 0 saturated carbocycles. The Labute approximate surface area is 187 Å². The Bertz CT molecular complexity index is 1410. The van der Waals surface area contributed by atoms with E-state index in [0.29, 0.717) is 37.9 Å². The first-order chi connectivity index (χ1) is 15.4. The van der Waals surface area contributed by atoms with Gasteiger partial charge in [-0.15, -0.1) is 0 Å². The van der Waals surface area contributed by atoms with Gasteiger partial charge in [-0.05, 0) is 43.7 Å². The zero-order chi connectivity index (χ0) is 23.0. The molecule has 8 nitrogen and oxygen atoms in total. The van der Waals surface area contributed by atoms with Gasteiger partial charge in [-0.1, -0.05) is 17.4 Å². The van der Waals surface area contributed by atoms with Crippen molar-refractivity contribution in [2.24, 2.45) is 4.99 Å². The molecule has 166 valence electrons. The molecule has 0 unspecified atom stereocenters. The third-order valence-corrected chi connectivity index (χ3v) is 6.17. The lowest BCUT2D eigenvalue weighted by Crippen LogP contribution is -2.39. The predicted molar refractivity (Wildman–Crippen MR) is 119 cm³/mol. The maximum Gasteiger partial charge on any atom is 0.338 e. The molecule has 0 spiro atoms. The Kier molecular flexibility index (Phi) is 5.75. The second-order valence-corrected chi connectivity index (χ2v) is 8.15. The predicted octanol–water partition coefficient (Wildman–Crippen LogP) is 2.33. The molecule has 0 N–H and O–H groups in total. The van der Waals surface area contributed by atoms with E-state index < -0.39 is 12.0 Å². The molecule has 4 rings (SSSR count). The maximum atomic E-state index is 13.5. The summed E-state index contributed by atoms with van der Waals surface area (Å²) in [5.41, 5.74) is 1.15. The first-order valence-electron chi connectivity index (χ1n) is 9.77. The SMILES string of the molecule is COC(=O)C1=C(C)N=c2s/c(=C/c3ccc(C)o3)c(=O)n2[C@@H]1c1ccc(OC)c(OC)c1. The summed E-state index contributed by atoms with van der Waals surface area (Å²) in [4.78, 5) is 31.2. The molecule has 1 aromatic carbocycles. The molecule has 3 aromatic rings. The lowest BCUT2D eigenvalue weighted by molar-refractivity contribution is -0.136. The van der Waals surface area contributed by atoms with Crippen LogP contribution in [0.5, 0.6) is 11.5 Å². The number of furan rings is 1. The van der Waals surface area contributed by atoms with Gasteiger partial charge >= 0.3 is 5.97 Å². The summed E-state index contributed by atoms with van der Waals surface area (Å²) in [6, 6.07) is 8.16. The van der Waals surface area contributed by atoms with Crippen LogP contribution in [0.1, 0.15) is 30.0 Å². The molecule has 0 radical (unpaired) electrons. The quantitative estimate of drug-likeness (QED) is 0.550. The lowest BCUT2D eigenvalue weighted by Gasteiger charge is -2.25. The summed E-state index contributed by atoms with van der Waals surface area (Å²) in [5, 5.41) is 0. The Morgan fingerprint density at radius 2 is 1.88 bits per heavy atom. The molecule has 0 aliphatic carbocycles. The standard InChI is InChI=1S/C23H22N2O6S/c1-12-6-8-15(31-12)11-18-21(26)25-20(14-7-9-16(28-3)17(10-14)29-4)19(22(27)30-5)13(2)24-23(25)32-18/h6-11,20H,1-5H3/b18-11+/t20-/m1/s1. The number of aromatic nitrogens is 1. The van der Waals surface area contributed by atoms with Crippen molar-refractivity contribution in [3.8, 4) is 11.5 Å². The van der Waals surface area contributed by atoms with Crippen molar-refractivity contribution in [3.05, 3.63) is 78.4 Å². The number of esters is 1. The van der Waals surface area contributed by atoms with Crippen molar-refractivity contribution in [2.75, 3.05) is 21.3 Å². The van der Waals surface area contributed by atoms with Crippen LogP contribution in [0.4, 0.5) is 0 Å². The molecule has 0 saturated heterocycles. The molecule has 1 aliphatic rings. The molecule has 0 amide bonds. The largest absolute Gasteiger partial charge is 0.493 e. The third kappa shape index (κ3) is 3.64. The van der Waals surface area contributed by atoms with Crippen LogP contribution in [0, 0.1) is 6.92 Å². The fourth-order valence-corrected chi connectivity index (χ4v) is 4.72. The zero-order valence-electron chi connectivity index (χ0n) is 18.3. The number of hydrogen-bond acceptors (Lipinski definition) is 8. The van der Waals surface area contributed by atoms with Crippen LogP contribution >= 0.6 is 11.3 Å². The van der Waals surface area contributed by atoms with E-state index >= 15 is 0 Å². The van der Waals surface area contributed by atoms with Gasteiger partial charge in [0.05, 0.1) is 43.2 Å². The van der Waals surface area contributed by atoms with Gasteiger partial charge < -0.3 is 18.6 Å². The normalized spacial score (nSPS) is 15.9. The highest BCUT2D eigenvalue weighted by molar-refractivity contribution is 7.07. The number of carbonyl (C=O) groups is 1. The van der Waals surface area contributed by atoms with E-state index in [1.165, 1.54) is 30.1 Å². The number of aryl methyl sites for hydroxylation is 1. The van der Waals surface area contributed by atoms with Gasteiger partial charge in [-0.2, -0.15) is 0 Å². The van der Waals surface area contributed by atoms with Gasteiger partial charge in [-0.3, -0.25) is 9.36 Å². The van der Waals surface area contributed by atoms with Gasteiger partial charge in [0, 0.05) is 6.08 Å². The van der Waals surface area contributed by atoms with Crippen LogP contribution in [0.3, 0.4) is 0 Å². The lowest BCUT2D eigenvalue weighted by atomic mass is 9.95. The van der Waals surface area contributed by atoms with E-state index in [4.69, 9.17) is 18.6 Å². The molecule has 0 fully saturated rings. The van der Waals surface area contributed by atoms with Crippen LogP contribution in [-0.4, -0.2) is 31.9 Å². The molecule has 32 heavy (non-hydrogen) atoms. The van der Waals surface area contributed by atoms with Crippen LogP contribution in [0.25, 0.3) is 6.08 Å². The highest BCUT2D eigenvalue weighted by Gasteiger charge is 2.33. The second kappa shape index (κ2) is 8.51. The summed E-state index contributed by atoms with van der Waals surface area (Å²) >= 11 is 1.23. The second-order valence-electron chi connectivity index (χ2n) is 7.14.